The Morgan fingerprint density at radius 1 is 1.36 bits per heavy atom. The van der Waals surface area contributed by atoms with Crippen LogP contribution < -0.4 is 0 Å². The number of hydrogen-bond acceptors (Lipinski definition) is 2. The summed E-state index contributed by atoms with van der Waals surface area (Å²) < 4.78 is 0. The first kappa shape index (κ1) is 11.5. The van der Waals surface area contributed by atoms with Crippen LogP contribution in [0.25, 0.3) is 0 Å². The lowest BCUT2D eigenvalue weighted by atomic mass is 10.2. The number of aromatic hydroxyl groups is 1. The predicted octanol–water partition coefficient (Wildman–Crippen LogP) is 2.61. The van der Waals surface area contributed by atoms with Gasteiger partial charge in [-0.1, -0.05) is 28.1 Å². The normalized spacial score (nSPS) is 13.1. The van der Waals surface area contributed by atoms with Gasteiger partial charge >= 0.3 is 0 Å². The van der Waals surface area contributed by atoms with Crippen molar-refractivity contribution in [2.24, 2.45) is 0 Å². The maximum Gasteiger partial charge on any atom is 0.115 e. The van der Waals surface area contributed by atoms with E-state index in [2.05, 4.69) is 34.8 Å². The monoisotopic (exact) mass is 257 g/mol. The molecule has 0 spiro atoms. The molecule has 1 atom stereocenters. The average Bonchev–Trinajstić information content (AvgIpc) is 2.20. The maximum absolute atomic E-state index is 9.13. The van der Waals surface area contributed by atoms with Crippen molar-refractivity contribution >= 4 is 15.9 Å². The van der Waals surface area contributed by atoms with Crippen LogP contribution in [0.2, 0.25) is 0 Å². The summed E-state index contributed by atoms with van der Waals surface area (Å²) in [5.41, 5.74) is 1.22. The fourth-order valence-corrected chi connectivity index (χ4v) is 1.66. The van der Waals surface area contributed by atoms with Gasteiger partial charge in [-0.05, 0) is 31.7 Å². The molecule has 0 fully saturated rings. The number of phenolic OH excluding ortho intramolecular Hbond substituents is 1. The SMILES string of the molecule is CC(CBr)N(C)Cc1ccc(O)cc1. The summed E-state index contributed by atoms with van der Waals surface area (Å²) >= 11 is 3.46. The van der Waals surface area contributed by atoms with Gasteiger partial charge in [-0.3, -0.25) is 4.90 Å². The van der Waals surface area contributed by atoms with E-state index in [1.807, 2.05) is 12.1 Å². The van der Waals surface area contributed by atoms with Crippen LogP contribution in [0.4, 0.5) is 0 Å². The maximum atomic E-state index is 9.13. The molecule has 2 nitrogen and oxygen atoms in total. The first-order chi connectivity index (χ1) is 6.63. The molecule has 0 amide bonds. The minimum Gasteiger partial charge on any atom is -0.508 e. The van der Waals surface area contributed by atoms with Gasteiger partial charge in [0.1, 0.15) is 5.75 Å². The summed E-state index contributed by atoms with van der Waals surface area (Å²) in [4.78, 5) is 2.27. The molecule has 1 N–H and O–H groups in total. The Bertz CT molecular complexity index is 273. The summed E-state index contributed by atoms with van der Waals surface area (Å²) in [6, 6.07) is 7.87. The van der Waals surface area contributed by atoms with Crippen molar-refractivity contribution in [2.75, 3.05) is 12.4 Å². The van der Waals surface area contributed by atoms with Crippen molar-refractivity contribution in [1.29, 1.82) is 0 Å². The van der Waals surface area contributed by atoms with Gasteiger partial charge in [0.15, 0.2) is 0 Å². The molecule has 1 aromatic carbocycles. The van der Waals surface area contributed by atoms with Crippen LogP contribution in [-0.4, -0.2) is 28.4 Å². The van der Waals surface area contributed by atoms with Crippen LogP contribution in [0, 0.1) is 0 Å². The lowest BCUT2D eigenvalue weighted by molar-refractivity contribution is 0.270. The van der Waals surface area contributed by atoms with Crippen LogP contribution in [0.3, 0.4) is 0 Å². The first-order valence-electron chi connectivity index (χ1n) is 4.67. The fraction of sp³-hybridized carbons (Fsp3) is 0.455. The summed E-state index contributed by atoms with van der Waals surface area (Å²) in [6.07, 6.45) is 0. The molecule has 0 heterocycles. The highest BCUT2D eigenvalue weighted by Gasteiger charge is 2.07. The third kappa shape index (κ3) is 3.31. The van der Waals surface area contributed by atoms with Crippen molar-refractivity contribution in [3.63, 3.8) is 0 Å². The molecule has 14 heavy (non-hydrogen) atoms. The van der Waals surface area contributed by atoms with Crippen LogP contribution in [0.1, 0.15) is 12.5 Å². The Morgan fingerprint density at radius 2 is 1.93 bits per heavy atom. The van der Waals surface area contributed by atoms with Gasteiger partial charge in [0.25, 0.3) is 0 Å². The van der Waals surface area contributed by atoms with Gasteiger partial charge < -0.3 is 5.11 Å². The molecule has 0 aliphatic carbocycles. The zero-order valence-electron chi connectivity index (χ0n) is 8.57. The number of halogens is 1. The minimum atomic E-state index is 0.324. The smallest absolute Gasteiger partial charge is 0.115 e. The van der Waals surface area contributed by atoms with Gasteiger partial charge in [0.2, 0.25) is 0 Å². The summed E-state index contributed by atoms with van der Waals surface area (Å²) in [7, 11) is 2.10. The van der Waals surface area contributed by atoms with E-state index < -0.39 is 0 Å². The molecule has 78 valence electrons. The van der Waals surface area contributed by atoms with Gasteiger partial charge in [-0.2, -0.15) is 0 Å². The standard InChI is InChI=1S/C11H16BrNO/c1-9(7-12)13(2)8-10-3-5-11(14)6-4-10/h3-6,9,14H,7-8H2,1-2H3. The highest BCUT2D eigenvalue weighted by Crippen LogP contribution is 2.12. The molecule has 0 saturated heterocycles. The number of rotatable bonds is 4. The fourth-order valence-electron chi connectivity index (χ4n) is 1.16. The highest BCUT2D eigenvalue weighted by molar-refractivity contribution is 9.09. The number of benzene rings is 1. The second kappa shape index (κ2) is 5.37. The molecular weight excluding hydrogens is 242 g/mol. The lowest BCUT2D eigenvalue weighted by Gasteiger charge is -2.22. The van der Waals surface area contributed by atoms with E-state index >= 15 is 0 Å². The van der Waals surface area contributed by atoms with E-state index in [4.69, 9.17) is 5.11 Å². The minimum absolute atomic E-state index is 0.324. The highest BCUT2D eigenvalue weighted by atomic mass is 79.9. The largest absolute Gasteiger partial charge is 0.508 e. The second-order valence-electron chi connectivity index (χ2n) is 3.58. The molecule has 0 aliphatic rings. The summed E-state index contributed by atoms with van der Waals surface area (Å²) in [5, 5.41) is 10.1. The third-order valence-electron chi connectivity index (χ3n) is 2.34. The lowest BCUT2D eigenvalue weighted by Crippen LogP contribution is -2.29. The molecule has 0 aliphatic heterocycles. The summed E-state index contributed by atoms with van der Waals surface area (Å²) in [5.74, 6) is 0.324. The summed E-state index contributed by atoms with van der Waals surface area (Å²) in [6.45, 7) is 3.09. The molecule has 1 rings (SSSR count). The molecule has 0 aromatic heterocycles. The van der Waals surface area contributed by atoms with E-state index in [-0.39, 0.29) is 0 Å². The molecule has 3 heteroatoms. The average molecular weight is 258 g/mol. The Kier molecular flexibility index (Phi) is 4.42. The first-order valence-corrected chi connectivity index (χ1v) is 5.79. The zero-order valence-corrected chi connectivity index (χ0v) is 10.2. The number of phenols is 1. The van der Waals surface area contributed by atoms with Gasteiger partial charge in [0.05, 0.1) is 0 Å². The van der Waals surface area contributed by atoms with Crippen LogP contribution in [0.5, 0.6) is 5.75 Å². The van der Waals surface area contributed by atoms with Crippen LogP contribution in [0.15, 0.2) is 24.3 Å². The molecule has 1 aromatic rings. The van der Waals surface area contributed by atoms with E-state index in [1.54, 1.807) is 12.1 Å². The molecule has 0 saturated carbocycles. The van der Waals surface area contributed by atoms with Gasteiger partial charge in [0, 0.05) is 17.9 Å². The Hall–Kier alpha value is -0.540. The van der Waals surface area contributed by atoms with E-state index in [9.17, 15) is 0 Å². The molecule has 0 radical (unpaired) electrons. The van der Waals surface area contributed by atoms with Crippen molar-refractivity contribution < 1.29 is 5.11 Å². The van der Waals surface area contributed by atoms with Crippen molar-refractivity contribution in [3.05, 3.63) is 29.8 Å². The number of hydrogen-bond donors (Lipinski definition) is 1. The van der Waals surface area contributed by atoms with Crippen molar-refractivity contribution in [2.45, 2.75) is 19.5 Å². The molecule has 1 unspecified atom stereocenters. The molecular formula is C11H16BrNO. The van der Waals surface area contributed by atoms with E-state index in [0.29, 0.717) is 11.8 Å². The quantitative estimate of drug-likeness (QED) is 0.839. The van der Waals surface area contributed by atoms with Crippen molar-refractivity contribution in [3.8, 4) is 5.75 Å². The van der Waals surface area contributed by atoms with E-state index in [1.165, 1.54) is 5.56 Å². The third-order valence-corrected chi connectivity index (χ3v) is 3.28. The van der Waals surface area contributed by atoms with Gasteiger partial charge in [-0.15, -0.1) is 0 Å². The zero-order chi connectivity index (χ0) is 10.6. The Balaban J connectivity index is 2.56. The number of alkyl halides is 1. The molecule has 0 bridgehead atoms. The second-order valence-corrected chi connectivity index (χ2v) is 4.23. The van der Waals surface area contributed by atoms with Crippen LogP contribution >= 0.6 is 15.9 Å². The number of nitrogens with zero attached hydrogens (tertiary/aromatic N) is 1. The van der Waals surface area contributed by atoms with Crippen LogP contribution in [-0.2, 0) is 6.54 Å². The predicted molar refractivity (Wildman–Crippen MR) is 62.8 cm³/mol. The van der Waals surface area contributed by atoms with Gasteiger partial charge in [-0.25, -0.2) is 0 Å². The van der Waals surface area contributed by atoms with Crippen molar-refractivity contribution in [1.82, 2.24) is 4.90 Å². The Morgan fingerprint density at radius 3 is 2.43 bits per heavy atom. The van der Waals surface area contributed by atoms with E-state index in [0.717, 1.165) is 11.9 Å². The Labute approximate surface area is 93.7 Å². The topological polar surface area (TPSA) is 23.5 Å².